The summed E-state index contributed by atoms with van der Waals surface area (Å²) in [6.45, 7) is 3.93. The second-order valence-corrected chi connectivity index (χ2v) is 11.5. The third-order valence-corrected chi connectivity index (χ3v) is 7.76. The summed E-state index contributed by atoms with van der Waals surface area (Å²) in [5.74, 6) is -3.78. The zero-order valence-electron chi connectivity index (χ0n) is 27.9. The molecule has 0 radical (unpaired) electrons. The number of aliphatic carboxylic acids is 1. The number of nitrogens with zero attached hydrogens (tertiary/aromatic N) is 4. The number of hydrogen-bond acceptors (Lipinski definition) is 12. The lowest BCUT2D eigenvalue weighted by Crippen LogP contribution is -2.44. The van der Waals surface area contributed by atoms with Crippen molar-refractivity contribution in [3.63, 3.8) is 0 Å². The Hall–Kier alpha value is -5.94. The number of Topliss-reactive ketones (excluding diaryl/α,β-unsaturated/α-hetero) is 2. The van der Waals surface area contributed by atoms with Crippen molar-refractivity contribution < 1.29 is 29.1 Å². The number of H-pyrrole nitrogens is 1. The van der Waals surface area contributed by atoms with E-state index in [-0.39, 0.29) is 72.4 Å². The first-order chi connectivity index (χ1) is 23.8. The number of aliphatic imine (C=N–C) groups is 1. The molecule has 0 bridgehead atoms. The molecule has 50 heavy (non-hydrogen) atoms. The molecule has 0 saturated heterocycles. The Morgan fingerprint density at radius 2 is 1.72 bits per heavy atom. The number of aromatic nitrogens is 4. The van der Waals surface area contributed by atoms with Gasteiger partial charge in [0.1, 0.15) is 11.8 Å². The first-order valence-electron chi connectivity index (χ1n) is 16.1. The van der Waals surface area contributed by atoms with Crippen LogP contribution in [-0.2, 0) is 25.7 Å². The zero-order chi connectivity index (χ0) is 36.8. The number of fused-ring (bicyclic) bond motifs is 1. The molecule has 11 N–H and O–H groups in total. The number of benzene rings is 1. The molecule has 3 aromatic rings. The first-order valence-corrected chi connectivity index (χ1v) is 16.1. The molecule has 0 aliphatic rings. The molecule has 3 atom stereocenters. The van der Waals surface area contributed by atoms with Crippen LogP contribution >= 0.6 is 0 Å². The third kappa shape index (κ3) is 11.6. The number of nitrogens with one attached hydrogen (secondary N) is 4. The summed E-state index contributed by atoms with van der Waals surface area (Å²) in [7, 11) is 0. The van der Waals surface area contributed by atoms with E-state index in [1.807, 2.05) is 0 Å². The predicted octanol–water partition coefficient (Wildman–Crippen LogP) is 0.374. The summed E-state index contributed by atoms with van der Waals surface area (Å²) in [5, 5.41) is 18.0. The smallest absolute Gasteiger partial charge is 0.326 e. The number of carboxylic acid groups (broad SMARTS) is 1. The van der Waals surface area contributed by atoms with Gasteiger partial charge in [-0.15, -0.1) is 0 Å². The molecular formula is C32H43N11O7. The van der Waals surface area contributed by atoms with Gasteiger partial charge in [-0.1, -0.05) is 13.8 Å². The molecule has 0 aliphatic carbocycles. The van der Waals surface area contributed by atoms with Crippen LogP contribution in [0.15, 0.2) is 40.2 Å². The predicted molar refractivity (Wildman–Crippen MR) is 185 cm³/mol. The lowest BCUT2D eigenvalue weighted by atomic mass is 9.94. The number of rotatable bonds is 20. The lowest BCUT2D eigenvalue weighted by molar-refractivity contribution is -0.139. The number of nitrogens with two attached hydrogens (primary N) is 3. The van der Waals surface area contributed by atoms with Gasteiger partial charge in [-0.3, -0.25) is 33.9 Å². The maximum Gasteiger partial charge on any atom is 0.326 e. The van der Waals surface area contributed by atoms with Crippen molar-refractivity contribution >= 4 is 58.1 Å². The number of hydrogen-bond donors (Lipinski definition) is 8. The molecule has 268 valence electrons. The fourth-order valence-corrected chi connectivity index (χ4v) is 4.95. The summed E-state index contributed by atoms with van der Waals surface area (Å²) in [5.41, 5.74) is 17.1. The number of guanidine groups is 1. The molecule has 0 unspecified atom stereocenters. The Labute approximate surface area is 287 Å². The fraction of sp³-hybridized carbons (Fsp3) is 0.438. The fourth-order valence-electron chi connectivity index (χ4n) is 4.95. The number of carbonyl (C=O) groups is 5. The summed E-state index contributed by atoms with van der Waals surface area (Å²) >= 11 is 0. The molecule has 2 heterocycles. The SMILES string of the molecule is CCC(=O)[C@H](CCCN=C(N)N)NC(=O)[C@H](CC)CC(=O)CC[C@H](NC(=O)c1ccc(NCc2cnc3nc(N)[nH]c(=O)c3n2)cc1)C(=O)O. The highest BCUT2D eigenvalue weighted by atomic mass is 16.4. The van der Waals surface area contributed by atoms with Crippen molar-refractivity contribution in [2.24, 2.45) is 22.4 Å². The molecule has 2 amide bonds. The summed E-state index contributed by atoms with van der Waals surface area (Å²) in [4.78, 5) is 93.6. The van der Waals surface area contributed by atoms with Gasteiger partial charge in [-0.05, 0) is 49.9 Å². The Balaban J connectivity index is 1.51. The Morgan fingerprint density at radius 3 is 2.36 bits per heavy atom. The van der Waals surface area contributed by atoms with Crippen molar-refractivity contribution in [3.8, 4) is 0 Å². The molecule has 18 heteroatoms. The van der Waals surface area contributed by atoms with E-state index in [9.17, 15) is 33.9 Å². The average Bonchev–Trinajstić information content (AvgIpc) is 3.08. The van der Waals surface area contributed by atoms with E-state index in [0.29, 0.717) is 37.2 Å². The summed E-state index contributed by atoms with van der Waals surface area (Å²) < 4.78 is 0. The van der Waals surface area contributed by atoms with Gasteiger partial charge >= 0.3 is 5.97 Å². The van der Waals surface area contributed by atoms with E-state index in [1.54, 1.807) is 26.0 Å². The first kappa shape index (κ1) is 38.5. The highest BCUT2D eigenvalue weighted by Gasteiger charge is 2.27. The van der Waals surface area contributed by atoms with E-state index in [0.717, 1.165) is 0 Å². The second kappa shape index (κ2) is 18.6. The number of aromatic amines is 1. The van der Waals surface area contributed by atoms with Crippen LogP contribution in [0.5, 0.6) is 0 Å². The molecule has 18 nitrogen and oxygen atoms in total. The van der Waals surface area contributed by atoms with Crippen LogP contribution in [0.3, 0.4) is 0 Å². The topological polar surface area (TPSA) is 304 Å². The van der Waals surface area contributed by atoms with Crippen molar-refractivity contribution in [2.45, 2.75) is 77.4 Å². The molecule has 0 saturated carbocycles. The van der Waals surface area contributed by atoms with Crippen molar-refractivity contribution in [1.29, 1.82) is 0 Å². The van der Waals surface area contributed by atoms with Gasteiger partial charge < -0.3 is 38.3 Å². The van der Waals surface area contributed by atoms with Gasteiger partial charge in [-0.2, -0.15) is 4.98 Å². The van der Waals surface area contributed by atoms with Crippen LogP contribution in [0.1, 0.15) is 74.8 Å². The lowest BCUT2D eigenvalue weighted by Gasteiger charge is -2.21. The molecule has 0 spiro atoms. The largest absolute Gasteiger partial charge is 0.480 e. The normalized spacial score (nSPS) is 12.7. The van der Waals surface area contributed by atoms with Crippen LogP contribution in [0.4, 0.5) is 11.6 Å². The van der Waals surface area contributed by atoms with Gasteiger partial charge in [0, 0.05) is 43.0 Å². The quantitative estimate of drug-likeness (QED) is 0.0451. The van der Waals surface area contributed by atoms with Crippen molar-refractivity contribution in [2.75, 3.05) is 17.6 Å². The van der Waals surface area contributed by atoms with E-state index in [4.69, 9.17) is 17.2 Å². The average molecular weight is 694 g/mol. The zero-order valence-corrected chi connectivity index (χ0v) is 27.9. The number of amides is 2. The number of anilines is 2. The van der Waals surface area contributed by atoms with Crippen LogP contribution in [0.25, 0.3) is 11.2 Å². The Bertz CT molecular complexity index is 1770. The standard InChI is InChI=1S/C32H43N11O7/c1-3-17(27(46)40-22(24(45)4-2)6-5-13-36-31(33)34)14-21(44)11-12-23(30(49)50)41-28(47)18-7-9-19(10-8-18)37-15-20-16-38-26-25(39-20)29(48)43-32(35)42-26/h7-10,16-17,22-23,37H,3-6,11-15H2,1-2H3,(H,40,46)(H,41,47)(H,49,50)(H4,33,34,36)(H3,35,38,42,43,48)/t17-,22+,23+/m1/s1. The van der Waals surface area contributed by atoms with Gasteiger partial charge in [0.25, 0.3) is 11.5 Å². The van der Waals surface area contributed by atoms with Crippen molar-refractivity contribution in [1.82, 2.24) is 30.6 Å². The van der Waals surface area contributed by atoms with Crippen molar-refractivity contribution in [3.05, 3.63) is 52.1 Å². The summed E-state index contributed by atoms with van der Waals surface area (Å²) in [6.07, 6.45) is 2.27. The summed E-state index contributed by atoms with van der Waals surface area (Å²) in [6, 6.07) is 4.11. The van der Waals surface area contributed by atoms with Crippen LogP contribution < -0.4 is 38.7 Å². The molecule has 0 fully saturated rings. The van der Waals surface area contributed by atoms with Crippen LogP contribution in [-0.4, -0.2) is 79.0 Å². The van der Waals surface area contributed by atoms with E-state index >= 15 is 0 Å². The second-order valence-electron chi connectivity index (χ2n) is 11.5. The molecule has 3 rings (SSSR count). The molecule has 2 aromatic heterocycles. The van der Waals surface area contributed by atoms with Crippen LogP contribution in [0, 0.1) is 5.92 Å². The Morgan fingerprint density at radius 1 is 1.00 bits per heavy atom. The third-order valence-electron chi connectivity index (χ3n) is 7.76. The molecule has 1 aromatic carbocycles. The minimum Gasteiger partial charge on any atom is -0.480 e. The van der Waals surface area contributed by atoms with Crippen LogP contribution in [0.2, 0.25) is 0 Å². The van der Waals surface area contributed by atoms with E-state index in [1.165, 1.54) is 18.3 Å². The minimum atomic E-state index is -1.35. The number of ketones is 2. The van der Waals surface area contributed by atoms with Gasteiger partial charge in [0.2, 0.25) is 11.9 Å². The minimum absolute atomic E-state index is 0.0394. The number of carboxylic acids is 1. The number of carbonyl (C=O) groups excluding carboxylic acids is 4. The molecular weight excluding hydrogens is 650 g/mol. The van der Waals surface area contributed by atoms with Gasteiger partial charge in [0.15, 0.2) is 22.9 Å². The molecule has 0 aliphatic heterocycles. The number of nitrogen functional groups attached to an aromatic ring is 1. The van der Waals surface area contributed by atoms with Gasteiger partial charge in [-0.25, -0.2) is 14.8 Å². The maximum atomic E-state index is 13.0. The highest BCUT2D eigenvalue weighted by molar-refractivity contribution is 5.97. The van der Waals surface area contributed by atoms with E-state index < -0.39 is 41.3 Å². The maximum absolute atomic E-state index is 13.0. The van der Waals surface area contributed by atoms with E-state index in [2.05, 4.69) is 40.9 Å². The van der Waals surface area contributed by atoms with Gasteiger partial charge in [0.05, 0.1) is 24.5 Å². The highest BCUT2D eigenvalue weighted by Crippen LogP contribution is 2.16. The Kier molecular flexibility index (Phi) is 14.3. The monoisotopic (exact) mass is 693 g/mol.